The number of nitrogens with zero attached hydrogens (tertiary/aromatic N) is 1. The van der Waals surface area contributed by atoms with Crippen molar-refractivity contribution in [3.05, 3.63) is 59.9 Å². The van der Waals surface area contributed by atoms with Gasteiger partial charge in [-0.25, -0.2) is 4.39 Å². The van der Waals surface area contributed by atoms with Crippen molar-refractivity contribution in [1.82, 2.24) is 0 Å². The van der Waals surface area contributed by atoms with Crippen LogP contribution in [0.5, 0.6) is 0 Å². The number of carbonyl (C=O) groups excluding carboxylic acids is 1. The van der Waals surface area contributed by atoms with E-state index >= 15 is 0 Å². The molecule has 0 spiro atoms. The zero-order chi connectivity index (χ0) is 14.8. The molecule has 0 radical (unpaired) electrons. The molecule has 1 heterocycles. The number of benzene rings is 2. The van der Waals surface area contributed by atoms with E-state index in [4.69, 9.17) is 0 Å². The van der Waals surface area contributed by atoms with Gasteiger partial charge in [0.1, 0.15) is 11.9 Å². The first kappa shape index (κ1) is 13.6. The highest BCUT2D eigenvalue weighted by Gasteiger charge is 2.31. The molecule has 1 atom stereocenters. The molecule has 0 saturated heterocycles. The molecule has 0 bridgehead atoms. The third-order valence-corrected chi connectivity index (χ3v) is 3.78. The van der Waals surface area contributed by atoms with E-state index in [1.807, 2.05) is 31.2 Å². The summed E-state index contributed by atoms with van der Waals surface area (Å²) in [4.78, 5) is 14.2. The molecular formula is C17H17FN2O. The average Bonchev–Trinajstić information content (AvgIpc) is 2.51. The highest BCUT2D eigenvalue weighted by Crippen LogP contribution is 2.33. The normalized spacial score (nSPS) is 17.3. The maximum atomic E-state index is 13.9. The number of nitrogens with one attached hydrogen (secondary N) is 1. The van der Waals surface area contributed by atoms with Crippen LogP contribution in [0.4, 0.5) is 15.8 Å². The predicted octanol–water partition coefficient (Wildman–Crippen LogP) is 3.56. The lowest BCUT2D eigenvalue weighted by molar-refractivity contribution is -0.119. The smallest absolute Gasteiger partial charge is 0.249 e. The van der Waals surface area contributed by atoms with Crippen molar-refractivity contribution in [1.29, 1.82) is 0 Å². The average molecular weight is 284 g/mol. The van der Waals surface area contributed by atoms with Crippen molar-refractivity contribution in [2.45, 2.75) is 25.9 Å². The number of halogens is 1. The molecule has 0 saturated carbocycles. The van der Waals surface area contributed by atoms with Gasteiger partial charge in [-0.3, -0.25) is 4.79 Å². The van der Waals surface area contributed by atoms with E-state index in [-0.39, 0.29) is 24.3 Å². The summed E-state index contributed by atoms with van der Waals surface area (Å²) in [5.41, 5.74) is 2.24. The maximum absolute atomic E-state index is 13.9. The van der Waals surface area contributed by atoms with E-state index in [2.05, 4.69) is 5.32 Å². The molecule has 1 aliphatic heterocycles. The summed E-state index contributed by atoms with van der Waals surface area (Å²) < 4.78 is 13.9. The number of para-hydroxylation sites is 2. The van der Waals surface area contributed by atoms with Crippen LogP contribution in [0.15, 0.2) is 48.5 Å². The number of hydrogen-bond donors (Lipinski definition) is 1. The first-order valence-corrected chi connectivity index (χ1v) is 7.11. The fourth-order valence-corrected chi connectivity index (χ4v) is 2.62. The quantitative estimate of drug-likeness (QED) is 0.934. The summed E-state index contributed by atoms with van der Waals surface area (Å²) in [6, 6.07) is 14.0. The first-order valence-electron chi connectivity index (χ1n) is 7.11. The Morgan fingerprint density at radius 3 is 2.62 bits per heavy atom. The van der Waals surface area contributed by atoms with E-state index in [0.717, 1.165) is 11.4 Å². The Kier molecular flexibility index (Phi) is 3.60. The van der Waals surface area contributed by atoms with E-state index in [1.54, 1.807) is 23.1 Å². The number of anilines is 2. The van der Waals surface area contributed by atoms with Crippen LogP contribution in [-0.4, -0.2) is 11.9 Å². The molecule has 1 amide bonds. The van der Waals surface area contributed by atoms with Crippen molar-refractivity contribution in [3.8, 4) is 0 Å². The number of rotatable bonds is 3. The second-order valence-electron chi connectivity index (χ2n) is 5.14. The van der Waals surface area contributed by atoms with Gasteiger partial charge in [-0.1, -0.05) is 37.3 Å². The molecule has 4 heteroatoms. The van der Waals surface area contributed by atoms with Gasteiger partial charge in [0, 0.05) is 5.56 Å². The summed E-state index contributed by atoms with van der Waals surface area (Å²) >= 11 is 0. The van der Waals surface area contributed by atoms with Crippen molar-refractivity contribution >= 4 is 17.3 Å². The van der Waals surface area contributed by atoms with Gasteiger partial charge in [0.15, 0.2) is 0 Å². The summed E-state index contributed by atoms with van der Waals surface area (Å²) in [6.07, 6.45) is 0.695. The van der Waals surface area contributed by atoms with Crippen molar-refractivity contribution in [2.75, 3.05) is 10.2 Å². The molecule has 2 aromatic rings. The van der Waals surface area contributed by atoms with Crippen LogP contribution in [0.1, 0.15) is 18.9 Å². The van der Waals surface area contributed by atoms with E-state index < -0.39 is 0 Å². The number of carbonyl (C=O) groups is 1. The lowest BCUT2D eigenvalue weighted by Gasteiger charge is -2.35. The lowest BCUT2D eigenvalue weighted by Crippen LogP contribution is -2.46. The highest BCUT2D eigenvalue weighted by atomic mass is 19.1. The molecule has 3 rings (SSSR count). The minimum atomic E-state index is -0.283. The van der Waals surface area contributed by atoms with Gasteiger partial charge < -0.3 is 10.2 Å². The summed E-state index contributed by atoms with van der Waals surface area (Å²) in [5.74, 6) is -0.297. The standard InChI is InChI=1S/C17H17FN2O/c1-2-14-17(21)20(11-12-7-3-4-8-13(12)18)16-10-6-5-9-15(16)19-14/h3-10,14,19H,2,11H2,1H3. The van der Waals surface area contributed by atoms with Gasteiger partial charge in [-0.15, -0.1) is 0 Å². The molecule has 1 N–H and O–H groups in total. The Morgan fingerprint density at radius 2 is 1.86 bits per heavy atom. The molecule has 21 heavy (non-hydrogen) atoms. The van der Waals surface area contributed by atoms with E-state index in [9.17, 15) is 9.18 Å². The molecule has 1 unspecified atom stereocenters. The van der Waals surface area contributed by atoms with Gasteiger partial charge in [0.05, 0.1) is 17.9 Å². The minimum absolute atomic E-state index is 0.0144. The Labute approximate surface area is 123 Å². The lowest BCUT2D eigenvalue weighted by atomic mass is 10.1. The van der Waals surface area contributed by atoms with Crippen molar-refractivity contribution < 1.29 is 9.18 Å². The predicted molar refractivity (Wildman–Crippen MR) is 81.7 cm³/mol. The monoisotopic (exact) mass is 284 g/mol. The highest BCUT2D eigenvalue weighted by molar-refractivity contribution is 6.04. The second kappa shape index (κ2) is 5.56. The van der Waals surface area contributed by atoms with Crippen LogP contribution in [0.3, 0.4) is 0 Å². The number of fused-ring (bicyclic) bond motifs is 1. The van der Waals surface area contributed by atoms with Crippen LogP contribution in [0.2, 0.25) is 0 Å². The SMILES string of the molecule is CCC1Nc2ccccc2N(Cc2ccccc2F)C1=O. The molecule has 0 aromatic heterocycles. The van der Waals surface area contributed by atoms with Crippen LogP contribution in [0.25, 0.3) is 0 Å². The van der Waals surface area contributed by atoms with E-state index in [0.29, 0.717) is 12.0 Å². The molecule has 2 aromatic carbocycles. The zero-order valence-corrected chi connectivity index (χ0v) is 11.8. The Hall–Kier alpha value is -2.36. The Balaban J connectivity index is 1.99. The number of hydrogen-bond acceptors (Lipinski definition) is 2. The fraction of sp³-hybridized carbons (Fsp3) is 0.235. The van der Waals surface area contributed by atoms with Crippen LogP contribution in [-0.2, 0) is 11.3 Å². The largest absolute Gasteiger partial charge is 0.372 e. The van der Waals surface area contributed by atoms with Gasteiger partial charge in [-0.05, 0) is 24.6 Å². The molecular weight excluding hydrogens is 267 g/mol. The van der Waals surface area contributed by atoms with Gasteiger partial charge in [0.2, 0.25) is 5.91 Å². The topological polar surface area (TPSA) is 32.3 Å². The van der Waals surface area contributed by atoms with Crippen LogP contribution >= 0.6 is 0 Å². The summed E-state index contributed by atoms with van der Waals surface area (Å²) in [6.45, 7) is 2.21. The first-order chi connectivity index (χ1) is 10.2. The van der Waals surface area contributed by atoms with E-state index in [1.165, 1.54) is 6.07 Å². The van der Waals surface area contributed by atoms with Crippen molar-refractivity contribution in [2.24, 2.45) is 0 Å². The molecule has 1 aliphatic rings. The second-order valence-corrected chi connectivity index (χ2v) is 5.14. The van der Waals surface area contributed by atoms with Crippen molar-refractivity contribution in [3.63, 3.8) is 0 Å². The van der Waals surface area contributed by atoms with Gasteiger partial charge in [0.25, 0.3) is 0 Å². The Morgan fingerprint density at radius 1 is 1.14 bits per heavy atom. The third kappa shape index (κ3) is 2.49. The van der Waals surface area contributed by atoms with Crippen LogP contribution < -0.4 is 10.2 Å². The van der Waals surface area contributed by atoms with Gasteiger partial charge >= 0.3 is 0 Å². The number of amides is 1. The fourth-order valence-electron chi connectivity index (χ4n) is 2.62. The third-order valence-electron chi connectivity index (χ3n) is 3.78. The molecule has 3 nitrogen and oxygen atoms in total. The molecule has 0 fully saturated rings. The maximum Gasteiger partial charge on any atom is 0.249 e. The summed E-state index contributed by atoms with van der Waals surface area (Å²) in [7, 11) is 0. The zero-order valence-electron chi connectivity index (χ0n) is 11.8. The van der Waals surface area contributed by atoms with Crippen LogP contribution in [0, 0.1) is 5.82 Å². The molecule has 108 valence electrons. The van der Waals surface area contributed by atoms with Gasteiger partial charge in [-0.2, -0.15) is 0 Å². The minimum Gasteiger partial charge on any atom is -0.372 e. The molecule has 0 aliphatic carbocycles. The summed E-state index contributed by atoms with van der Waals surface area (Å²) in [5, 5.41) is 3.24. The Bertz CT molecular complexity index is 671.